The van der Waals surface area contributed by atoms with Crippen molar-refractivity contribution >= 4 is 15.9 Å². The highest BCUT2D eigenvalue weighted by Crippen LogP contribution is 2.32. The van der Waals surface area contributed by atoms with E-state index in [1.54, 1.807) is 7.11 Å². The van der Waals surface area contributed by atoms with Crippen LogP contribution >= 0.6 is 15.9 Å². The van der Waals surface area contributed by atoms with E-state index in [1.807, 2.05) is 6.92 Å². The summed E-state index contributed by atoms with van der Waals surface area (Å²) in [6, 6.07) is 0. The first-order valence-electron chi connectivity index (χ1n) is 3.94. The van der Waals surface area contributed by atoms with Crippen molar-refractivity contribution in [3.63, 3.8) is 0 Å². The van der Waals surface area contributed by atoms with Crippen LogP contribution in [0.25, 0.3) is 0 Å². The van der Waals surface area contributed by atoms with Crippen LogP contribution in [0.2, 0.25) is 0 Å². The normalized spacial score (nSPS) is 30.5. The average Bonchev–Trinajstić information content (AvgIpc) is 2.02. The molecule has 0 spiro atoms. The number of allylic oxidation sites excluding steroid dienone is 2. The smallest absolute Gasteiger partial charge is 0.104 e. The van der Waals surface area contributed by atoms with Gasteiger partial charge in [0.25, 0.3) is 0 Å². The lowest BCUT2D eigenvalue weighted by Crippen LogP contribution is -2.30. The van der Waals surface area contributed by atoms with Gasteiger partial charge in [0, 0.05) is 23.2 Å². The third-order valence-electron chi connectivity index (χ3n) is 2.26. The maximum atomic E-state index is 5.87. The first kappa shape index (κ1) is 9.81. The Morgan fingerprint density at radius 3 is 2.67 bits per heavy atom. The monoisotopic (exact) mass is 231 g/mol. The van der Waals surface area contributed by atoms with E-state index in [2.05, 4.69) is 28.9 Å². The fourth-order valence-corrected chi connectivity index (χ4v) is 1.97. The van der Waals surface area contributed by atoms with Crippen molar-refractivity contribution in [2.24, 2.45) is 11.7 Å². The van der Waals surface area contributed by atoms with Crippen LogP contribution in [0.5, 0.6) is 0 Å². The van der Waals surface area contributed by atoms with Crippen molar-refractivity contribution < 1.29 is 4.74 Å². The van der Waals surface area contributed by atoms with Gasteiger partial charge in [-0.15, -0.1) is 0 Å². The second-order valence-electron chi connectivity index (χ2n) is 3.11. The molecule has 1 aliphatic rings. The molecule has 3 heteroatoms. The van der Waals surface area contributed by atoms with Gasteiger partial charge in [-0.3, -0.25) is 0 Å². The van der Waals surface area contributed by atoms with E-state index in [0.29, 0.717) is 5.92 Å². The van der Waals surface area contributed by atoms with Crippen LogP contribution in [0.4, 0.5) is 0 Å². The van der Waals surface area contributed by atoms with Gasteiger partial charge < -0.3 is 10.5 Å². The van der Waals surface area contributed by atoms with E-state index in [9.17, 15) is 0 Å². The van der Waals surface area contributed by atoms with Crippen molar-refractivity contribution in [1.82, 2.24) is 0 Å². The van der Waals surface area contributed by atoms with Gasteiger partial charge in [-0.05, 0) is 18.6 Å². The summed E-state index contributed by atoms with van der Waals surface area (Å²) in [4.78, 5) is 0. The topological polar surface area (TPSA) is 35.2 Å². The number of rotatable bonds is 1. The molecule has 68 valence electrons. The Kier molecular flexibility index (Phi) is 2.96. The molecule has 0 aliphatic heterocycles. The fraction of sp³-hybridized carbons (Fsp3) is 0.556. The zero-order valence-electron chi connectivity index (χ0n) is 7.60. The Labute approximate surface area is 81.6 Å². The highest BCUT2D eigenvalue weighted by molar-refractivity contribution is 9.11. The first-order chi connectivity index (χ1) is 5.57. The molecule has 2 unspecified atom stereocenters. The van der Waals surface area contributed by atoms with Gasteiger partial charge in [0.1, 0.15) is 6.10 Å². The molecule has 0 amide bonds. The summed E-state index contributed by atoms with van der Waals surface area (Å²) in [6.07, 6.45) is 2.07. The van der Waals surface area contributed by atoms with Gasteiger partial charge in [-0.2, -0.15) is 0 Å². The predicted octanol–water partition coefficient (Wildman–Crippen LogP) is 2.16. The summed E-state index contributed by atoms with van der Waals surface area (Å²) in [5.41, 5.74) is 7.81. The summed E-state index contributed by atoms with van der Waals surface area (Å²) < 4.78 is 6.46. The van der Waals surface area contributed by atoms with E-state index in [-0.39, 0.29) is 6.10 Å². The predicted molar refractivity (Wildman–Crippen MR) is 53.9 cm³/mol. The minimum Gasteiger partial charge on any atom is -0.400 e. The minimum absolute atomic E-state index is 0.0179. The Bertz CT molecular complexity index is 245. The van der Waals surface area contributed by atoms with Crippen LogP contribution in [-0.2, 0) is 4.74 Å². The molecule has 0 aromatic rings. The number of halogens is 1. The average molecular weight is 232 g/mol. The van der Waals surface area contributed by atoms with E-state index in [0.717, 1.165) is 15.8 Å². The first-order valence-corrected chi connectivity index (χ1v) is 4.73. The molecular formula is C9H14BrNO. The van der Waals surface area contributed by atoms with Gasteiger partial charge in [0.05, 0.1) is 0 Å². The second-order valence-corrected chi connectivity index (χ2v) is 4.03. The Morgan fingerprint density at radius 1 is 1.58 bits per heavy atom. The lowest BCUT2D eigenvalue weighted by Gasteiger charge is -2.27. The number of methoxy groups -OCH3 is 1. The Balaban J connectivity index is 3.00. The van der Waals surface area contributed by atoms with E-state index >= 15 is 0 Å². The maximum absolute atomic E-state index is 5.87. The summed E-state index contributed by atoms with van der Waals surface area (Å²) in [5, 5.41) is 0. The molecule has 1 rings (SSSR count). The molecular weight excluding hydrogens is 218 g/mol. The number of nitrogens with two attached hydrogens (primary N) is 1. The van der Waals surface area contributed by atoms with Crippen molar-refractivity contribution in [3.05, 3.63) is 21.8 Å². The third kappa shape index (κ3) is 1.57. The second kappa shape index (κ2) is 3.62. The van der Waals surface area contributed by atoms with Crippen LogP contribution in [0.1, 0.15) is 13.8 Å². The molecule has 0 saturated carbocycles. The molecule has 2 nitrogen and oxygen atoms in total. The molecule has 0 radical (unpaired) electrons. The summed E-state index contributed by atoms with van der Waals surface area (Å²) in [5.74, 6) is 0.318. The molecule has 2 atom stereocenters. The van der Waals surface area contributed by atoms with Crippen molar-refractivity contribution in [1.29, 1.82) is 0 Å². The molecule has 0 fully saturated rings. The third-order valence-corrected chi connectivity index (χ3v) is 3.21. The van der Waals surface area contributed by atoms with Crippen LogP contribution < -0.4 is 5.73 Å². The molecule has 0 heterocycles. The van der Waals surface area contributed by atoms with Crippen molar-refractivity contribution in [2.45, 2.75) is 20.0 Å². The van der Waals surface area contributed by atoms with Gasteiger partial charge in [0.15, 0.2) is 0 Å². The largest absolute Gasteiger partial charge is 0.400 e. The number of ether oxygens (including phenoxy) is 1. The van der Waals surface area contributed by atoms with Crippen molar-refractivity contribution in [2.75, 3.05) is 7.11 Å². The quantitative estimate of drug-likeness (QED) is 0.751. The molecule has 1 aliphatic carbocycles. The van der Waals surface area contributed by atoms with Gasteiger partial charge in [-0.1, -0.05) is 22.9 Å². The molecule has 0 aromatic heterocycles. The molecule has 12 heavy (non-hydrogen) atoms. The highest BCUT2D eigenvalue weighted by atomic mass is 79.9. The molecule has 2 N–H and O–H groups in total. The van der Waals surface area contributed by atoms with E-state index in [1.165, 1.54) is 0 Å². The van der Waals surface area contributed by atoms with Crippen LogP contribution in [-0.4, -0.2) is 13.2 Å². The Hall–Kier alpha value is -0.280. The van der Waals surface area contributed by atoms with Gasteiger partial charge in [-0.25, -0.2) is 0 Å². The van der Waals surface area contributed by atoms with Crippen LogP contribution in [0.3, 0.4) is 0 Å². The van der Waals surface area contributed by atoms with Gasteiger partial charge in [0.2, 0.25) is 0 Å². The van der Waals surface area contributed by atoms with Crippen molar-refractivity contribution in [3.8, 4) is 0 Å². The lowest BCUT2D eigenvalue weighted by molar-refractivity contribution is 0.0989. The highest BCUT2D eigenvalue weighted by Gasteiger charge is 2.26. The summed E-state index contributed by atoms with van der Waals surface area (Å²) >= 11 is 3.49. The lowest BCUT2D eigenvalue weighted by atomic mass is 9.93. The van der Waals surface area contributed by atoms with Crippen LogP contribution in [0, 0.1) is 5.92 Å². The Morgan fingerprint density at radius 2 is 2.17 bits per heavy atom. The summed E-state index contributed by atoms with van der Waals surface area (Å²) in [7, 11) is 1.69. The summed E-state index contributed by atoms with van der Waals surface area (Å²) in [6.45, 7) is 4.09. The van der Waals surface area contributed by atoms with E-state index in [4.69, 9.17) is 10.5 Å². The zero-order valence-corrected chi connectivity index (χ0v) is 9.18. The molecule has 0 saturated heterocycles. The molecule has 0 bridgehead atoms. The fourth-order valence-electron chi connectivity index (χ4n) is 1.39. The van der Waals surface area contributed by atoms with E-state index < -0.39 is 0 Å². The number of hydrogen-bond donors (Lipinski definition) is 1. The minimum atomic E-state index is 0.0179. The van der Waals surface area contributed by atoms with Crippen LogP contribution in [0.15, 0.2) is 21.8 Å². The maximum Gasteiger partial charge on any atom is 0.104 e. The molecule has 0 aromatic carbocycles. The van der Waals surface area contributed by atoms with Gasteiger partial charge >= 0.3 is 0 Å². The SMILES string of the molecule is COC1C(N)=C(C)C=C(Br)C1C. The standard InChI is InChI=1S/C9H14BrNO/c1-5-4-7(10)6(2)9(12-3)8(5)11/h4,6,9H,11H2,1-3H3. The number of hydrogen-bond acceptors (Lipinski definition) is 2. The zero-order chi connectivity index (χ0) is 9.30.